The van der Waals surface area contributed by atoms with E-state index in [1.54, 1.807) is 0 Å². The summed E-state index contributed by atoms with van der Waals surface area (Å²) in [5.74, 6) is -0.196. The molecule has 0 unspecified atom stereocenters. The molecule has 2 amide bonds. The lowest BCUT2D eigenvalue weighted by molar-refractivity contribution is -0.130. The molecule has 2 fully saturated rings. The first kappa shape index (κ1) is 17.9. The molecule has 136 valence electrons. The van der Waals surface area contributed by atoms with Crippen LogP contribution in [0.2, 0.25) is 0 Å². The van der Waals surface area contributed by atoms with E-state index in [4.69, 9.17) is 0 Å². The number of amides is 2. The molecule has 0 N–H and O–H groups in total. The van der Waals surface area contributed by atoms with Gasteiger partial charge in [0.15, 0.2) is 0 Å². The number of carbonyl (C=O) groups is 2. The SMILES string of the molecule is CCN1CC[C@@]2(CCC1=O)CN(C(=O)c1ccc(F)cc1)CCN2C. The highest BCUT2D eigenvalue weighted by molar-refractivity contribution is 5.94. The Morgan fingerprint density at radius 3 is 2.56 bits per heavy atom. The fraction of sp³-hybridized carbons (Fsp3) is 0.579. The summed E-state index contributed by atoms with van der Waals surface area (Å²) in [4.78, 5) is 31.1. The van der Waals surface area contributed by atoms with Crippen LogP contribution >= 0.6 is 0 Å². The van der Waals surface area contributed by atoms with Gasteiger partial charge in [0.2, 0.25) is 5.91 Å². The van der Waals surface area contributed by atoms with Gasteiger partial charge in [-0.3, -0.25) is 14.5 Å². The van der Waals surface area contributed by atoms with Crippen molar-refractivity contribution in [2.24, 2.45) is 0 Å². The van der Waals surface area contributed by atoms with Gasteiger partial charge in [-0.2, -0.15) is 0 Å². The molecular formula is C19H26FN3O2. The van der Waals surface area contributed by atoms with Gasteiger partial charge in [-0.05, 0) is 51.1 Å². The number of hydrogen-bond donors (Lipinski definition) is 0. The molecule has 0 saturated carbocycles. The molecule has 3 rings (SSSR count). The Bertz CT molecular complexity index is 649. The fourth-order valence-corrected chi connectivity index (χ4v) is 3.98. The van der Waals surface area contributed by atoms with Crippen molar-refractivity contribution in [1.29, 1.82) is 0 Å². The first-order chi connectivity index (χ1) is 11.9. The van der Waals surface area contributed by atoms with Gasteiger partial charge < -0.3 is 9.80 Å². The van der Waals surface area contributed by atoms with Crippen molar-refractivity contribution in [3.8, 4) is 0 Å². The highest BCUT2D eigenvalue weighted by Crippen LogP contribution is 2.32. The molecule has 2 saturated heterocycles. The first-order valence-electron chi connectivity index (χ1n) is 8.99. The Morgan fingerprint density at radius 1 is 1.16 bits per heavy atom. The number of halogens is 1. The summed E-state index contributed by atoms with van der Waals surface area (Å²) >= 11 is 0. The molecular weight excluding hydrogens is 321 g/mol. The van der Waals surface area contributed by atoms with Crippen LogP contribution in [-0.2, 0) is 4.79 Å². The van der Waals surface area contributed by atoms with Crippen LogP contribution in [0.4, 0.5) is 4.39 Å². The molecule has 5 nitrogen and oxygen atoms in total. The molecule has 2 aliphatic heterocycles. The molecule has 1 spiro atoms. The van der Waals surface area contributed by atoms with E-state index < -0.39 is 0 Å². The zero-order valence-corrected chi connectivity index (χ0v) is 15.0. The minimum absolute atomic E-state index is 0.0598. The van der Waals surface area contributed by atoms with Gasteiger partial charge in [0, 0.05) is 50.2 Å². The molecule has 6 heteroatoms. The Kier molecular flexibility index (Phi) is 5.08. The summed E-state index contributed by atoms with van der Waals surface area (Å²) in [6, 6.07) is 5.72. The number of hydrogen-bond acceptors (Lipinski definition) is 3. The smallest absolute Gasteiger partial charge is 0.253 e. The van der Waals surface area contributed by atoms with E-state index in [9.17, 15) is 14.0 Å². The monoisotopic (exact) mass is 347 g/mol. The van der Waals surface area contributed by atoms with Gasteiger partial charge in [0.25, 0.3) is 5.91 Å². The third kappa shape index (κ3) is 3.54. The molecule has 0 radical (unpaired) electrons. The average molecular weight is 347 g/mol. The molecule has 0 aromatic heterocycles. The lowest BCUT2D eigenvalue weighted by Gasteiger charge is -2.49. The maximum absolute atomic E-state index is 13.1. The van der Waals surface area contributed by atoms with Crippen LogP contribution < -0.4 is 0 Å². The van der Waals surface area contributed by atoms with Crippen molar-refractivity contribution in [3.63, 3.8) is 0 Å². The molecule has 1 atom stereocenters. The summed E-state index contributed by atoms with van der Waals surface area (Å²) < 4.78 is 13.1. The second-order valence-electron chi connectivity index (χ2n) is 7.10. The van der Waals surface area contributed by atoms with E-state index in [0.29, 0.717) is 25.1 Å². The van der Waals surface area contributed by atoms with Crippen molar-refractivity contribution in [2.75, 3.05) is 39.8 Å². The van der Waals surface area contributed by atoms with Gasteiger partial charge in [0.1, 0.15) is 5.82 Å². The van der Waals surface area contributed by atoms with E-state index in [1.165, 1.54) is 24.3 Å². The van der Waals surface area contributed by atoms with Crippen molar-refractivity contribution >= 4 is 11.8 Å². The Labute approximate surface area is 148 Å². The number of likely N-dealkylation sites (N-methyl/N-ethyl adjacent to an activating group) is 1. The van der Waals surface area contributed by atoms with Crippen LogP contribution in [0, 0.1) is 5.82 Å². The second kappa shape index (κ2) is 7.12. The molecule has 25 heavy (non-hydrogen) atoms. The Balaban J connectivity index is 1.78. The number of likely N-dealkylation sites (tertiary alicyclic amines) is 1. The summed E-state index contributed by atoms with van der Waals surface area (Å²) in [7, 11) is 2.09. The average Bonchev–Trinajstić information content (AvgIpc) is 2.77. The summed E-state index contributed by atoms with van der Waals surface area (Å²) in [6.45, 7) is 5.53. The van der Waals surface area contributed by atoms with E-state index in [0.717, 1.165) is 32.5 Å². The normalized spacial score (nSPS) is 25.3. The van der Waals surface area contributed by atoms with Gasteiger partial charge in [0.05, 0.1) is 0 Å². The highest BCUT2D eigenvalue weighted by Gasteiger charge is 2.43. The summed E-state index contributed by atoms with van der Waals surface area (Å²) in [6.07, 6.45) is 2.17. The molecule has 0 bridgehead atoms. The fourth-order valence-electron chi connectivity index (χ4n) is 3.98. The van der Waals surface area contributed by atoms with Crippen LogP contribution in [0.15, 0.2) is 24.3 Å². The lowest BCUT2D eigenvalue weighted by Crippen LogP contribution is -2.62. The third-order valence-corrected chi connectivity index (χ3v) is 5.76. The van der Waals surface area contributed by atoms with Gasteiger partial charge in [-0.15, -0.1) is 0 Å². The zero-order valence-electron chi connectivity index (χ0n) is 15.0. The van der Waals surface area contributed by atoms with Crippen molar-refractivity contribution < 1.29 is 14.0 Å². The van der Waals surface area contributed by atoms with E-state index in [1.807, 2.05) is 16.7 Å². The van der Waals surface area contributed by atoms with E-state index in [2.05, 4.69) is 11.9 Å². The molecule has 0 aliphatic carbocycles. The molecule has 1 aromatic rings. The largest absolute Gasteiger partial charge is 0.343 e. The molecule has 2 heterocycles. The standard InChI is InChI=1S/C19H26FN3O2/c1-3-22-11-10-19(9-8-17(22)24)14-23(13-12-21(19)2)18(25)15-4-6-16(20)7-5-15/h4-7H,3,8-14H2,1-2H3/t19-/m0/s1. The number of rotatable bonds is 2. The first-order valence-corrected chi connectivity index (χ1v) is 8.99. The number of benzene rings is 1. The quantitative estimate of drug-likeness (QED) is 0.822. The Morgan fingerprint density at radius 2 is 1.88 bits per heavy atom. The minimum Gasteiger partial charge on any atom is -0.343 e. The Hall–Kier alpha value is -1.95. The van der Waals surface area contributed by atoms with E-state index in [-0.39, 0.29) is 23.2 Å². The maximum Gasteiger partial charge on any atom is 0.253 e. The topological polar surface area (TPSA) is 43.9 Å². The lowest BCUT2D eigenvalue weighted by atomic mass is 9.86. The number of carbonyl (C=O) groups excluding carboxylic acids is 2. The van der Waals surface area contributed by atoms with Crippen molar-refractivity contribution in [1.82, 2.24) is 14.7 Å². The minimum atomic E-state index is -0.340. The number of nitrogens with zero attached hydrogens (tertiary/aromatic N) is 3. The summed E-state index contributed by atoms with van der Waals surface area (Å²) in [5, 5.41) is 0. The van der Waals surface area contributed by atoms with Gasteiger partial charge in [-0.25, -0.2) is 4.39 Å². The van der Waals surface area contributed by atoms with Gasteiger partial charge >= 0.3 is 0 Å². The highest BCUT2D eigenvalue weighted by atomic mass is 19.1. The van der Waals surface area contributed by atoms with Crippen LogP contribution in [0.5, 0.6) is 0 Å². The predicted molar refractivity (Wildman–Crippen MR) is 93.8 cm³/mol. The summed E-state index contributed by atoms with van der Waals surface area (Å²) in [5.41, 5.74) is 0.356. The van der Waals surface area contributed by atoms with Crippen LogP contribution in [0.3, 0.4) is 0 Å². The van der Waals surface area contributed by atoms with E-state index >= 15 is 0 Å². The van der Waals surface area contributed by atoms with Gasteiger partial charge in [-0.1, -0.05) is 0 Å². The second-order valence-corrected chi connectivity index (χ2v) is 7.10. The van der Waals surface area contributed by atoms with Crippen LogP contribution in [0.1, 0.15) is 36.5 Å². The van der Waals surface area contributed by atoms with Crippen LogP contribution in [-0.4, -0.2) is 71.8 Å². The molecule has 2 aliphatic rings. The third-order valence-electron chi connectivity index (χ3n) is 5.76. The van der Waals surface area contributed by atoms with Crippen molar-refractivity contribution in [3.05, 3.63) is 35.6 Å². The maximum atomic E-state index is 13.1. The number of piperazine rings is 1. The zero-order chi connectivity index (χ0) is 18.0. The van der Waals surface area contributed by atoms with Crippen molar-refractivity contribution in [2.45, 2.75) is 31.7 Å². The van der Waals surface area contributed by atoms with Crippen LogP contribution in [0.25, 0.3) is 0 Å². The predicted octanol–water partition coefficient (Wildman–Crippen LogP) is 1.98. The molecule has 1 aromatic carbocycles.